The van der Waals surface area contributed by atoms with Crippen molar-refractivity contribution in [2.45, 2.75) is 0 Å². The fraction of sp³-hybridized carbons (Fsp3) is 0. The van der Waals surface area contributed by atoms with Gasteiger partial charge < -0.3 is 20.4 Å². The van der Waals surface area contributed by atoms with Gasteiger partial charge in [-0.05, 0) is 150 Å². The highest BCUT2D eigenvalue weighted by atomic mass is 16.4. The van der Waals surface area contributed by atoms with E-state index >= 15 is 0 Å². The molecule has 8 heteroatoms. The summed E-state index contributed by atoms with van der Waals surface area (Å²) in [5.74, 6) is -3.94. The Morgan fingerprint density at radius 3 is 0.455 bits per heavy atom. The van der Waals surface area contributed by atoms with Crippen LogP contribution in [0.15, 0.2) is 206 Å². The van der Waals surface area contributed by atoms with Crippen molar-refractivity contribution in [3.8, 4) is 89.0 Å². The van der Waals surface area contributed by atoms with Crippen LogP contribution < -0.4 is 0 Å². The molecule has 66 heavy (non-hydrogen) atoms. The van der Waals surface area contributed by atoms with Gasteiger partial charge in [0.1, 0.15) is 0 Å². The van der Waals surface area contributed by atoms with Gasteiger partial charge in [-0.15, -0.1) is 0 Å². The van der Waals surface area contributed by atoms with Crippen molar-refractivity contribution in [3.63, 3.8) is 0 Å². The van der Waals surface area contributed by atoms with Crippen molar-refractivity contribution >= 4 is 23.9 Å². The highest BCUT2D eigenvalue weighted by Crippen LogP contribution is 2.44. The second kappa shape index (κ2) is 17.9. The Bertz CT molecular complexity index is 2820. The highest BCUT2D eigenvalue weighted by molar-refractivity contribution is 5.97. The van der Waals surface area contributed by atoms with Gasteiger partial charge in [-0.2, -0.15) is 0 Å². The largest absolute Gasteiger partial charge is 0.478 e. The Morgan fingerprint density at radius 2 is 0.318 bits per heavy atom. The first kappa shape index (κ1) is 42.2. The molecular formula is C58H38O8. The maximum atomic E-state index is 11.5. The molecule has 0 aliphatic carbocycles. The molecule has 0 aromatic heterocycles. The smallest absolute Gasteiger partial charge is 0.335 e. The summed E-state index contributed by atoms with van der Waals surface area (Å²) in [4.78, 5) is 46.1. The zero-order valence-corrected chi connectivity index (χ0v) is 35.1. The molecule has 9 aromatic rings. The first-order chi connectivity index (χ1) is 32.0. The van der Waals surface area contributed by atoms with E-state index in [9.17, 15) is 39.6 Å². The van der Waals surface area contributed by atoms with E-state index in [0.29, 0.717) is 0 Å². The van der Waals surface area contributed by atoms with E-state index in [1.807, 2.05) is 48.5 Å². The number of rotatable bonds is 12. The molecular weight excluding hydrogens is 825 g/mol. The van der Waals surface area contributed by atoms with Crippen molar-refractivity contribution < 1.29 is 39.6 Å². The Hall–Kier alpha value is -9.14. The summed E-state index contributed by atoms with van der Waals surface area (Å²) in [6.07, 6.45) is 0. The molecule has 0 saturated heterocycles. The van der Waals surface area contributed by atoms with E-state index in [-0.39, 0.29) is 22.3 Å². The number of carboxylic acids is 4. The molecule has 0 fully saturated rings. The van der Waals surface area contributed by atoms with Gasteiger partial charge >= 0.3 is 23.9 Å². The van der Waals surface area contributed by atoms with Crippen LogP contribution >= 0.6 is 0 Å². The van der Waals surface area contributed by atoms with Crippen LogP contribution in [-0.2, 0) is 0 Å². The molecule has 0 atom stereocenters. The second-order valence-corrected chi connectivity index (χ2v) is 15.8. The van der Waals surface area contributed by atoms with Gasteiger partial charge in [0.15, 0.2) is 0 Å². The fourth-order valence-electron chi connectivity index (χ4n) is 8.14. The van der Waals surface area contributed by atoms with E-state index in [0.717, 1.165) is 89.0 Å². The summed E-state index contributed by atoms with van der Waals surface area (Å²) in [5, 5.41) is 37.8. The minimum atomic E-state index is -0.986. The molecule has 4 N–H and O–H groups in total. The monoisotopic (exact) mass is 862 g/mol. The molecule has 0 amide bonds. The van der Waals surface area contributed by atoms with Crippen molar-refractivity contribution in [2.24, 2.45) is 0 Å². The lowest BCUT2D eigenvalue weighted by atomic mass is 9.84. The van der Waals surface area contributed by atoms with E-state index in [1.54, 1.807) is 97.1 Å². The van der Waals surface area contributed by atoms with Crippen molar-refractivity contribution in [3.05, 3.63) is 229 Å². The summed E-state index contributed by atoms with van der Waals surface area (Å²) in [5.41, 5.74) is 15.7. The summed E-state index contributed by atoms with van der Waals surface area (Å²) < 4.78 is 0. The molecule has 0 radical (unpaired) electrons. The molecule has 0 unspecified atom stereocenters. The summed E-state index contributed by atoms with van der Waals surface area (Å²) in [7, 11) is 0. The van der Waals surface area contributed by atoms with Crippen LogP contribution in [0.2, 0.25) is 0 Å². The third kappa shape index (κ3) is 8.75. The number of benzene rings is 9. The van der Waals surface area contributed by atoms with Crippen LogP contribution in [0.4, 0.5) is 0 Å². The lowest BCUT2D eigenvalue weighted by Crippen LogP contribution is -1.95. The van der Waals surface area contributed by atoms with Gasteiger partial charge in [0.25, 0.3) is 0 Å². The molecule has 8 nitrogen and oxygen atoms in total. The normalized spacial score (nSPS) is 10.9. The van der Waals surface area contributed by atoms with Gasteiger partial charge in [-0.25, -0.2) is 19.2 Å². The van der Waals surface area contributed by atoms with E-state index in [1.165, 1.54) is 0 Å². The summed E-state index contributed by atoms with van der Waals surface area (Å²) >= 11 is 0. The van der Waals surface area contributed by atoms with Gasteiger partial charge in [0.05, 0.1) is 22.3 Å². The lowest BCUT2D eigenvalue weighted by molar-refractivity contribution is 0.0686. The molecule has 9 aromatic carbocycles. The van der Waals surface area contributed by atoms with Gasteiger partial charge in [-0.1, -0.05) is 146 Å². The minimum absolute atomic E-state index is 0.212. The zero-order chi connectivity index (χ0) is 45.9. The Morgan fingerprint density at radius 1 is 0.197 bits per heavy atom. The zero-order valence-electron chi connectivity index (χ0n) is 35.1. The molecule has 318 valence electrons. The Kier molecular flexibility index (Phi) is 11.5. The molecule has 9 rings (SSSR count). The van der Waals surface area contributed by atoms with Crippen LogP contribution in [0, 0.1) is 0 Å². The topological polar surface area (TPSA) is 149 Å². The predicted molar refractivity (Wildman–Crippen MR) is 258 cm³/mol. The Labute approximate surface area is 379 Å². The number of carboxylic acid groups (broad SMARTS) is 4. The summed E-state index contributed by atoms with van der Waals surface area (Å²) in [6, 6.07) is 64.3. The van der Waals surface area contributed by atoms with Crippen LogP contribution in [0.25, 0.3) is 89.0 Å². The summed E-state index contributed by atoms with van der Waals surface area (Å²) in [6.45, 7) is 0. The quantitative estimate of drug-likeness (QED) is 0.0948. The molecule has 0 spiro atoms. The minimum Gasteiger partial charge on any atom is -0.478 e. The van der Waals surface area contributed by atoms with Gasteiger partial charge in [0, 0.05) is 0 Å². The van der Waals surface area contributed by atoms with Crippen LogP contribution in [-0.4, -0.2) is 44.3 Å². The molecule has 0 heterocycles. The van der Waals surface area contributed by atoms with E-state index in [2.05, 4.69) is 60.7 Å². The van der Waals surface area contributed by atoms with Crippen molar-refractivity contribution in [1.82, 2.24) is 0 Å². The molecule has 0 aliphatic heterocycles. The lowest BCUT2D eigenvalue weighted by Gasteiger charge is -2.19. The second-order valence-electron chi connectivity index (χ2n) is 15.8. The Balaban J connectivity index is 1.19. The third-order valence-electron chi connectivity index (χ3n) is 11.8. The first-order valence-electron chi connectivity index (χ1n) is 20.9. The maximum absolute atomic E-state index is 11.5. The van der Waals surface area contributed by atoms with Gasteiger partial charge in [0.2, 0.25) is 0 Å². The fourth-order valence-corrected chi connectivity index (χ4v) is 8.14. The van der Waals surface area contributed by atoms with Crippen LogP contribution in [0.1, 0.15) is 41.4 Å². The van der Waals surface area contributed by atoms with Gasteiger partial charge in [-0.3, -0.25) is 0 Å². The number of hydrogen-bond acceptors (Lipinski definition) is 4. The van der Waals surface area contributed by atoms with Crippen LogP contribution in [0.3, 0.4) is 0 Å². The van der Waals surface area contributed by atoms with E-state index in [4.69, 9.17) is 0 Å². The molecule has 0 bridgehead atoms. The number of aromatic carboxylic acids is 4. The maximum Gasteiger partial charge on any atom is 0.335 e. The molecule has 0 aliphatic rings. The van der Waals surface area contributed by atoms with Crippen LogP contribution in [0.5, 0.6) is 0 Å². The van der Waals surface area contributed by atoms with Crippen molar-refractivity contribution in [2.75, 3.05) is 0 Å². The average Bonchev–Trinajstić information content (AvgIpc) is 3.36. The average molecular weight is 863 g/mol. The first-order valence-corrected chi connectivity index (χ1v) is 20.9. The van der Waals surface area contributed by atoms with E-state index < -0.39 is 23.9 Å². The SMILES string of the molecule is O=C(O)c1ccc(-c2ccc(-c3cc(-c4ccc(-c5ccc(C(=O)O)cc5)cc4)c(-c4ccc(-c5ccc(C(=O)O)cc5)cc4)cc3-c3ccc(-c4ccc(C(=O)O)cc4)cc3)cc2)cc1. The standard InChI is InChI=1S/C58H38O8/c59-55(60)47-25-9-39(10-26-47)35-1-17-43(18-2-35)51-33-53(45-21-5-37(6-22-45)41-13-29-49(30-14-41)57(63)64)54(46-23-7-38(8-24-46)42-15-31-50(32-16-42)58(65)66)34-52(51)44-19-3-36(4-20-44)40-11-27-48(28-12-40)56(61)62/h1-34H,(H,59,60)(H,61,62)(H,63,64)(H,65,66). The third-order valence-corrected chi connectivity index (χ3v) is 11.8. The number of carbonyl (C=O) groups is 4. The molecule has 0 saturated carbocycles. The highest BCUT2D eigenvalue weighted by Gasteiger charge is 2.18. The predicted octanol–water partition coefficient (Wildman–Crippen LogP) is 13.8. The number of hydrogen-bond donors (Lipinski definition) is 4. The van der Waals surface area contributed by atoms with Crippen molar-refractivity contribution in [1.29, 1.82) is 0 Å².